The summed E-state index contributed by atoms with van der Waals surface area (Å²) in [6.45, 7) is 0. The van der Waals surface area contributed by atoms with Crippen molar-refractivity contribution in [2.24, 2.45) is 10.2 Å². The molecule has 2 aromatic rings. The number of ketones is 1. The fourth-order valence-corrected chi connectivity index (χ4v) is 3.41. The molecule has 2 amide bonds. The molecule has 2 aliphatic rings. The molecule has 2 N–H and O–H groups in total. The highest BCUT2D eigenvalue weighted by Crippen LogP contribution is 2.48. The van der Waals surface area contributed by atoms with E-state index in [0.717, 1.165) is 16.9 Å². The molecule has 2 aromatic carbocycles. The lowest BCUT2D eigenvalue weighted by Crippen LogP contribution is -2.39. The van der Waals surface area contributed by atoms with Gasteiger partial charge in [0.15, 0.2) is 5.78 Å². The average molecular weight is 377 g/mol. The number of nitrogens with one attached hydrogen (secondary N) is 2. The van der Waals surface area contributed by atoms with Gasteiger partial charge in [-0.25, -0.2) is 9.80 Å². The van der Waals surface area contributed by atoms with Crippen LogP contribution in [0.1, 0.15) is 27.5 Å². The van der Waals surface area contributed by atoms with Crippen LogP contribution in [0.2, 0.25) is 0 Å². The van der Waals surface area contributed by atoms with E-state index in [0.29, 0.717) is 22.5 Å². The van der Waals surface area contributed by atoms with Gasteiger partial charge in [-0.1, -0.05) is 12.1 Å². The van der Waals surface area contributed by atoms with Gasteiger partial charge in [0, 0.05) is 19.7 Å². The molecule has 8 heteroatoms. The zero-order valence-corrected chi connectivity index (χ0v) is 15.7. The van der Waals surface area contributed by atoms with E-state index in [-0.39, 0.29) is 5.78 Å². The molecule has 8 nitrogen and oxygen atoms in total. The van der Waals surface area contributed by atoms with Crippen LogP contribution in [0.15, 0.2) is 58.3 Å². The number of ether oxygens (including phenoxy) is 1. The van der Waals surface area contributed by atoms with Gasteiger partial charge < -0.3 is 10.1 Å². The predicted octanol–water partition coefficient (Wildman–Crippen LogP) is 3.41. The van der Waals surface area contributed by atoms with Gasteiger partial charge in [0.25, 0.3) is 0 Å². The summed E-state index contributed by atoms with van der Waals surface area (Å²) in [6.07, 6.45) is 0. The summed E-state index contributed by atoms with van der Waals surface area (Å²) in [5.41, 5.74) is 6.13. The molecule has 28 heavy (non-hydrogen) atoms. The minimum Gasteiger partial charge on any atom is -0.497 e. The number of nitrogens with zero attached hydrogens (tertiary/aromatic N) is 3. The molecule has 1 unspecified atom stereocenters. The first-order chi connectivity index (χ1) is 13.5. The summed E-state index contributed by atoms with van der Waals surface area (Å²) in [7, 11) is 5.01. The molecule has 0 aromatic heterocycles. The maximum absolute atomic E-state index is 13.2. The number of methoxy groups -OCH3 is 1. The molecule has 4 rings (SSSR count). The van der Waals surface area contributed by atoms with Gasteiger partial charge in [0.2, 0.25) is 0 Å². The first-order valence-corrected chi connectivity index (χ1v) is 8.71. The molecule has 0 radical (unpaired) electrons. The van der Waals surface area contributed by atoms with Gasteiger partial charge in [-0.3, -0.25) is 10.2 Å². The maximum atomic E-state index is 13.2. The van der Waals surface area contributed by atoms with Crippen LogP contribution >= 0.6 is 0 Å². The highest BCUT2D eigenvalue weighted by molar-refractivity contribution is 6.22. The Morgan fingerprint density at radius 2 is 1.89 bits per heavy atom. The number of hydrazine groups is 1. The molecular formula is C20H19N5O3. The van der Waals surface area contributed by atoms with Crippen molar-refractivity contribution in [2.75, 3.05) is 26.5 Å². The fourth-order valence-electron chi connectivity index (χ4n) is 3.41. The van der Waals surface area contributed by atoms with Crippen LogP contribution in [-0.4, -0.2) is 38.0 Å². The van der Waals surface area contributed by atoms with Crippen LogP contribution in [0.4, 0.5) is 10.5 Å². The summed E-state index contributed by atoms with van der Waals surface area (Å²) < 4.78 is 5.18. The molecule has 0 saturated carbocycles. The Balaban J connectivity index is 1.72. The van der Waals surface area contributed by atoms with Gasteiger partial charge in [0.1, 0.15) is 17.5 Å². The average Bonchev–Trinajstić information content (AvgIpc) is 3.22. The van der Waals surface area contributed by atoms with Crippen molar-refractivity contribution in [3.63, 3.8) is 0 Å². The Bertz CT molecular complexity index is 1020. The molecule has 0 saturated heterocycles. The number of Topliss-reactive ketones (excluding diaryl/α,β-unsaturated/α-hetero) is 1. The number of anilines is 1. The van der Waals surface area contributed by atoms with Crippen molar-refractivity contribution in [3.8, 4) is 5.75 Å². The second-order valence-electron chi connectivity index (χ2n) is 6.67. The molecule has 1 atom stereocenters. The number of urea groups is 1. The highest BCUT2D eigenvalue weighted by atomic mass is 16.5. The maximum Gasteiger partial charge on any atom is 0.333 e. The fraction of sp³-hybridized carbons (Fsp3) is 0.200. The molecule has 142 valence electrons. The second kappa shape index (κ2) is 6.90. The topological polar surface area (TPSA) is 95.4 Å². The Labute approximate surface area is 161 Å². The minimum absolute atomic E-state index is 0.170. The number of rotatable bonds is 4. The van der Waals surface area contributed by atoms with Crippen molar-refractivity contribution in [1.29, 1.82) is 0 Å². The van der Waals surface area contributed by atoms with E-state index >= 15 is 0 Å². The Hall–Kier alpha value is -3.52. The van der Waals surface area contributed by atoms with E-state index in [2.05, 4.69) is 21.0 Å². The highest BCUT2D eigenvalue weighted by Gasteiger charge is 2.42. The Kier molecular flexibility index (Phi) is 4.40. The van der Waals surface area contributed by atoms with Crippen LogP contribution in [0.5, 0.6) is 5.75 Å². The number of fused-ring (bicyclic) bond motifs is 3. The summed E-state index contributed by atoms with van der Waals surface area (Å²) in [5, 5.41) is 12.8. The lowest BCUT2D eigenvalue weighted by atomic mass is 10.0. The van der Waals surface area contributed by atoms with Crippen LogP contribution in [-0.2, 0) is 0 Å². The van der Waals surface area contributed by atoms with E-state index in [1.165, 1.54) is 5.01 Å². The quantitative estimate of drug-likeness (QED) is 0.798. The second-order valence-corrected chi connectivity index (χ2v) is 6.67. The molecule has 1 aliphatic carbocycles. The SMILES string of the molecule is COc1ccc(C2=C3C(=O)c4c(NC(=O)NN(C)C)cccc4C3N=N2)cc1. The van der Waals surface area contributed by atoms with E-state index in [9.17, 15) is 9.59 Å². The number of carbonyl (C=O) groups is 2. The first-order valence-electron chi connectivity index (χ1n) is 8.71. The van der Waals surface area contributed by atoms with E-state index in [1.807, 2.05) is 30.3 Å². The molecule has 0 bridgehead atoms. The Morgan fingerprint density at radius 3 is 2.57 bits per heavy atom. The zero-order chi connectivity index (χ0) is 19.8. The third kappa shape index (κ3) is 2.93. The number of carbonyl (C=O) groups excluding carboxylic acids is 2. The number of amides is 2. The zero-order valence-electron chi connectivity index (χ0n) is 15.7. The molecule has 0 spiro atoms. The van der Waals surface area contributed by atoms with Gasteiger partial charge in [0.05, 0.1) is 23.9 Å². The summed E-state index contributed by atoms with van der Waals surface area (Å²) in [5.74, 6) is 0.553. The molecule has 0 fully saturated rings. The lowest BCUT2D eigenvalue weighted by Gasteiger charge is -2.14. The van der Waals surface area contributed by atoms with Crippen molar-refractivity contribution >= 4 is 23.2 Å². The standard InChI is InChI=1S/C20H19N5O3/c1-25(2)24-20(27)21-14-6-4-5-13-15(14)19(26)16-17(22-23-18(13)16)11-7-9-12(28-3)10-8-11/h4-10,18H,1-3H3,(H2,21,24,27). The first kappa shape index (κ1) is 17.9. The predicted molar refractivity (Wildman–Crippen MR) is 104 cm³/mol. The van der Waals surface area contributed by atoms with Crippen LogP contribution in [0.3, 0.4) is 0 Å². The number of benzene rings is 2. The largest absolute Gasteiger partial charge is 0.497 e. The summed E-state index contributed by atoms with van der Waals surface area (Å²) in [6, 6.07) is 11.8. The Morgan fingerprint density at radius 1 is 1.14 bits per heavy atom. The van der Waals surface area contributed by atoms with E-state index in [4.69, 9.17) is 4.74 Å². The van der Waals surface area contributed by atoms with Crippen molar-refractivity contribution in [3.05, 3.63) is 64.7 Å². The summed E-state index contributed by atoms with van der Waals surface area (Å²) >= 11 is 0. The van der Waals surface area contributed by atoms with Gasteiger partial charge >= 0.3 is 6.03 Å². The van der Waals surface area contributed by atoms with Gasteiger partial charge in [-0.05, 0) is 35.9 Å². The third-order valence-corrected chi connectivity index (χ3v) is 4.60. The van der Waals surface area contributed by atoms with Crippen LogP contribution in [0.25, 0.3) is 5.70 Å². The minimum atomic E-state index is -0.446. The van der Waals surface area contributed by atoms with Crippen molar-refractivity contribution in [1.82, 2.24) is 10.4 Å². The summed E-state index contributed by atoms with van der Waals surface area (Å²) in [4.78, 5) is 25.3. The van der Waals surface area contributed by atoms with Gasteiger partial charge in [-0.15, -0.1) is 0 Å². The van der Waals surface area contributed by atoms with E-state index in [1.54, 1.807) is 33.3 Å². The molecule has 1 aliphatic heterocycles. The smallest absolute Gasteiger partial charge is 0.333 e. The lowest BCUT2D eigenvalue weighted by molar-refractivity contribution is 0.103. The number of hydrogen-bond donors (Lipinski definition) is 2. The van der Waals surface area contributed by atoms with Crippen LogP contribution in [0, 0.1) is 0 Å². The number of azo groups is 1. The van der Waals surface area contributed by atoms with Crippen molar-refractivity contribution < 1.29 is 14.3 Å². The molecular weight excluding hydrogens is 358 g/mol. The third-order valence-electron chi connectivity index (χ3n) is 4.60. The van der Waals surface area contributed by atoms with Gasteiger partial charge in [-0.2, -0.15) is 10.2 Å². The monoisotopic (exact) mass is 377 g/mol. The van der Waals surface area contributed by atoms with Crippen molar-refractivity contribution in [2.45, 2.75) is 6.04 Å². The number of hydrogen-bond acceptors (Lipinski definition) is 6. The normalized spacial score (nSPS) is 17.0. The molecule has 1 heterocycles. The van der Waals surface area contributed by atoms with E-state index < -0.39 is 12.1 Å². The van der Waals surface area contributed by atoms with Crippen LogP contribution < -0.4 is 15.5 Å².